The second-order valence-corrected chi connectivity index (χ2v) is 17.8. The lowest BCUT2D eigenvalue weighted by Gasteiger charge is -2.75. The molecular formula is C36H54N4O4. The van der Waals surface area contributed by atoms with Crippen molar-refractivity contribution in [1.29, 1.82) is 0 Å². The Kier molecular flexibility index (Phi) is 7.15. The summed E-state index contributed by atoms with van der Waals surface area (Å²) in [5.74, 6) is 2.40. The van der Waals surface area contributed by atoms with Crippen LogP contribution in [-0.2, 0) is 0 Å². The second-order valence-electron chi connectivity index (χ2n) is 17.8. The molecule has 5 aliphatic carbocycles. The molecular weight excluding hydrogens is 552 g/mol. The Balaban J connectivity index is 1.27. The van der Waals surface area contributed by atoms with Gasteiger partial charge in [-0.15, -0.1) is 0 Å². The van der Waals surface area contributed by atoms with Crippen LogP contribution >= 0.6 is 0 Å². The number of hydrogen-bond donors (Lipinski definition) is 1. The van der Waals surface area contributed by atoms with Gasteiger partial charge >= 0.3 is 5.69 Å². The first-order valence-corrected chi connectivity index (χ1v) is 17.2. The van der Waals surface area contributed by atoms with Crippen LogP contribution in [0.4, 0.5) is 17.1 Å². The van der Waals surface area contributed by atoms with Crippen molar-refractivity contribution < 1.29 is 9.85 Å². The average Bonchev–Trinajstić information content (AvgIpc) is 2.95. The summed E-state index contributed by atoms with van der Waals surface area (Å²) in [5.41, 5.74) is 5.64. The van der Waals surface area contributed by atoms with Crippen LogP contribution in [0.1, 0.15) is 126 Å². The predicted octanol–water partition coefficient (Wildman–Crippen LogP) is 10.2. The highest BCUT2D eigenvalue weighted by atomic mass is 16.6. The maximum Gasteiger partial charge on any atom is 0.301 e. The molecule has 8 nitrogen and oxygen atoms in total. The van der Waals surface area contributed by atoms with Gasteiger partial charge in [0.1, 0.15) is 5.69 Å². The van der Waals surface area contributed by atoms with Crippen LogP contribution in [0.5, 0.6) is 0 Å². The fourth-order valence-corrected chi connectivity index (χ4v) is 12.4. The zero-order valence-electron chi connectivity index (χ0n) is 28.3. The second kappa shape index (κ2) is 9.99. The number of fused-ring (bicyclic) bond motifs is 7. The Morgan fingerprint density at radius 1 is 0.773 bits per heavy atom. The number of non-ortho nitro benzene ring substituents is 1. The van der Waals surface area contributed by atoms with Crippen LogP contribution in [0.2, 0.25) is 0 Å². The molecule has 6 rings (SSSR count). The summed E-state index contributed by atoms with van der Waals surface area (Å²) in [5, 5.41) is 27.6. The van der Waals surface area contributed by atoms with Crippen molar-refractivity contribution in [2.24, 2.45) is 61.3 Å². The van der Waals surface area contributed by atoms with E-state index in [1.54, 1.807) is 0 Å². The van der Waals surface area contributed by atoms with E-state index in [9.17, 15) is 20.2 Å². The molecule has 0 radical (unpaired) electrons. The highest BCUT2D eigenvalue weighted by Crippen LogP contribution is 2.78. The standard InChI is InChI=1S/C36H54N4O4/c1-23-25(37-38-26-10-9-24(39(41)42)21-27(26)40(43)44)11-12-28-33(23,5)14-13-29-34(28,6)18-20-36(8)30-22-31(2,3)15-16-32(30,4)17-19-35(29,36)7/h9-10,21,23,28-30,38H,11-20,22H2,1-8H3/b37-25-/t23-,28+,29+,30-,32+,33+,34+,35+,36-/m0/s1. The van der Waals surface area contributed by atoms with Crippen LogP contribution in [0, 0.1) is 76.4 Å². The van der Waals surface area contributed by atoms with Crippen molar-refractivity contribution in [2.45, 2.75) is 126 Å². The first-order chi connectivity index (χ1) is 20.4. The molecule has 1 aromatic rings. The van der Waals surface area contributed by atoms with Crippen LogP contribution < -0.4 is 5.43 Å². The van der Waals surface area contributed by atoms with E-state index >= 15 is 0 Å². The monoisotopic (exact) mass is 606 g/mol. The molecule has 1 N–H and O–H groups in total. The quantitative estimate of drug-likeness (QED) is 0.271. The number of hydrogen-bond acceptors (Lipinski definition) is 6. The van der Waals surface area contributed by atoms with Crippen molar-refractivity contribution in [3.63, 3.8) is 0 Å². The van der Waals surface area contributed by atoms with Crippen molar-refractivity contribution in [1.82, 2.24) is 0 Å². The van der Waals surface area contributed by atoms with Gasteiger partial charge in [-0.3, -0.25) is 25.7 Å². The topological polar surface area (TPSA) is 111 Å². The van der Waals surface area contributed by atoms with Gasteiger partial charge in [0.2, 0.25) is 0 Å². The number of nitrogens with one attached hydrogen (secondary N) is 1. The summed E-state index contributed by atoms with van der Waals surface area (Å²) in [4.78, 5) is 21.7. The molecule has 5 fully saturated rings. The Bertz CT molecular complexity index is 1410. The number of anilines is 1. The Labute approximate surface area is 263 Å². The van der Waals surface area contributed by atoms with Gasteiger partial charge in [-0.1, -0.05) is 55.4 Å². The van der Waals surface area contributed by atoms with Crippen molar-refractivity contribution >= 4 is 22.8 Å². The fourth-order valence-electron chi connectivity index (χ4n) is 12.4. The smallest absolute Gasteiger partial charge is 0.272 e. The summed E-state index contributed by atoms with van der Waals surface area (Å²) in [6.45, 7) is 20.5. The van der Waals surface area contributed by atoms with E-state index in [0.717, 1.165) is 36.5 Å². The Morgan fingerprint density at radius 2 is 1.43 bits per heavy atom. The number of rotatable bonds is 4. The van der Waals surface area contributed by atoms with Crippen LogP contribution in [0.25, 0.3) is 0 Å². The summed E-state index contributed by atoms with van der Waals surface area (Å²) < 4.78 is 0. The van der Waals surface area contributed by atoms with Gasteiger partial charge in [-0.2, -0.15) is 5.10 Å². The molecule has 0 bridgehead atoms. The number of nitrogens with zero attached hydrogens (tertiary/aromatic N) is 3. The lowest BCUT2D eigenvalue weighted by atomic mass is 9.30. The molecule has 0 aromatic heterocycles. The van der Waals surface area contributed by atoms with E-state index in [2.05, 4.69) is 60.8 Å². The van der Waals surface area contributed by atoms with Gasteiger partial charge in [0.15, 0.2) is 0 Å². The maximum atomic E-state index is 11.7. The van der Waals surface area contributed by atoms with E-state index in [4.69, 9.17) is 5.10 Å². The number of nitro benzene ring substituents is 2. The molecule has 0 heterocycles. The minimum Gasteiger partial charge on any atom is -0.272 e. The van der Waals surface area contributed by atoms with E-state index in [0.29, 0.717) is 33.0 Å². The molecule has 0 amide bonds. The maximum absolute atomic E-state index is 11.7. The van der Waals surface area contributed by atoms with Gasteiger partial charge in [0, 0.05) is 17.7 Å². The SMILES string of the molecule is C[C@H]1/C(=N\Nc2ccc([N+](=O)[O-])cc2[N+](=O)[O-])CC[C@@H]2[C@]1(C)CC[C@@H]1[C@]2(C)CC[C@@]2(C)[C@H]3CC(C)(C)CC[C@]3(C)CC[C@]12C. The zero-order valence-corrected chi connectivity index (χ0v) is 28.3. The summed E-state index contributed by atoms with van der Waals surface area (Å²) in [6, 6.07) is 3.69. The first-order valence-electron chi connectivity index (χ1n) is 17.2. The fraction of sp³-hybridized carbons (Fsp3) is 0.806. The van der Waals surface area contributed by atoms with Gasteiger partial charge < -0.3 is 0 Å². The Hall–Kier alpha value is -2.51. The van der Waals surface area contributed by atoms with Gasteiger partial charge in [-0.05, 0) is 127 Å². The molecule has 5 aliphatic rings. The molecule has 5 saturated carbocycles. The number of nitro groups is 2. The summed E-state index contributed by atoms with van der Waals surface area (Å²) in [6.07, 6.45) is 13.9. The van der Waals surface area contributed by atoms with E-state index in [1.807, 2.05) is 0 Å². The molecule has 1 aromatic carbocycles. The zero-order chi connectivity index (χ0) is 32.1. The molecule has 44 heavy (non-hydrogen) atoms. The largest absolute Gasteiger partial charge is 0.301 e. The molecule has 242 valence electrons. The normalized spacial score (nSPS) is 45.3. The molecule has 0 aliphatic heterocycles. The first kappa shape index (κ1) is 31.5. The van der Waals surface area contributed by atoms with Crippen LogP contribution in [0.3, 0.4) is 0 Å². The third-order valence-electron chi connectivity index (χ3n) is 15.5. The number of benzene rings is 1. The number of hydrazone groups is 1. The molecule has 8 heteroatoms. The van der Waals surface area contributed by atoms with Crippen molar-refractivity contribution in [2.75, 3.05) is 5.43 Å². The molecule has 9 atom stereocenters. The van der Waals surface area contributed by atoms with E-state index < -0.39 is 9.85 Å². The summed E-state index contributed by atoms with van der Waals surface area (Å²) >= 11 is 0. The highest BCUT2D eigenvalue weighted by molar-refractivity contribution is 5.89. The van der Waals surface area contributed by atoms with Crippen molar-refractivity contribution in [3.05, 3.63) is 38.4 Å². The van der Waals surface area contributed by atoms with Gasteiger partial charge in [0.05, 0.1) is 15.9 Å². The lowest BCUT2D eigenvalue weighted by molar-refractivity contribution is -0.393. The van der Waals surface area contributed by atoms with E-state index in [1.165, 1.54) is 69.9 Å². The van der Waals surface area contributed by atoms with E-state index in [-0.39, 0.29) is 28.4 Å². The van der Waals surface area contributed by atoms with Crippen LogP contribution in [-0.4, -0.2) is 15.6 Å². The molecule has 0 saturated heterocycles. The minimum absolute atomic E-state index is 0.117. The predicted molar refractivity (Wildman–Crippen MR) is 176 cm³/mol. The molecule has 0 spiro atoms. The third-order valence-corrected chi connectivity index (χ3v) is 15.5. The lowest BCUT2D eigenvalue weighted by Crippen LogP contribution is -2.67. The Morgan fingerprint density at radius 3 is 2.11 bits per heavy atom. The minimum atomic E-state index is -0.611. The van der Waals surface area contributed by atoms with Crippen molar-refractivity contribution in [3.8, 4) is 0 Å². The highest BCUT2D eigenvalue weighted by Gasteiger charge is 2.70. The molecule has 0 unspecified atom stereocenters. The summed E-state index contributed by atoms with van der Waals surface area (Å²) in [7, 11) is 0. The van der Waals surface area contributed by atoms with Crippen LogP contribution in [0.15, 0.2) is 23.3 Å². The van der Waals surface area contributed by atoms with Gasteiger partial charge in [0.25, 0.3) is 5.69 Å². The van der Waals surface area contributed by atoms with Gasteiger partial charge in [-0.25, -0.2) is 0 Å². The average molecular weight is 607 g/mol. The third kappa shape index (κ3) is 4.39.